The predicted octanol–water partition coefficient (Wildman–Crippen LogP) is 2.79. The van der Waals surface area contributed by atoms with E-state index in [4.69, 9.17) is 0 Å². The SMILES string of the molecule is CN(C)S(=O)(=O)c1ccc(C(=O)Nc2ccc(C(=O)N3CC(=O)Nc4ccccc43)cc2)cc1. The Kier molecular flexibility index (Phi) is 6.18. The molecule has 0 aliphatic carbocycles. The number of carbonyl (C=O) groups is 3. The third kappa shape index (κ3) is 4.54. The van der Waals surface area contributed by atoms with Gasteiger partial charge in [-0.3, -0.25) is 19.3 Å². The van der Waals surface area contributed by atoms with E-state index in [2.05, 4.69) is 10.6 Å². The van der Waals surface area contributed by atoms with Crippen LogP contribution in [0.1, 0.15) is 20.7 Å². The van der Waals surface area contributed by atoms with Crippen molar-refractivity contribution in [1.29, 1.82) is 0 Å². The molecule has 3 amide bonds. The standard InChI is InChI=1S/C24H22N4O5S/c1-27(2)34(32,33)19-13-9-16(10-14-19)23(30)25-18-11-7-17(8-12-18)24(31)28-15-22(29)26-20-5-3-4-6-21(20)28/h3-14H,15H2,1-2H3,(H,25,30)(H,26,29). The summed E-state index contributed by atoms with van der Waals surface area (Å²) >= 11 is 0. The van der Waals surface area contributed by atoms with Crippen molar-refractivity contribution in [2.24, 2.45) is 0 Å². The van der Waals surface area contributed by atoms with Crippen molar-refractivity contribution < 1.29 is 22.8 Å². The van der Waals surface area contributed by atoms with Gasteiger partial charge in [0, 0.05) is 30.9 Å². The number of nitrogens with one attached hydrogen (secondary N) is 2. The van der Waals surface area contributed by atoms with Crippen molar-refractivity contribution in [2.75, 3.05) is 36.2 Å². The van der Waals surface area contributed by atoms with Crippen LogP contribution >= 0.6 is 0 Å². The van der Waals surface area contributed by atoms with Gasteiger partial charge < -0.3 is 10.6 Å². The van der Waals surface area contributed by atoms with E-state index in [1.54, 1.807) is 48.5 Å². The summed E-state index contributed by atoms with van der Waals surface area (Å²) < 4.78 is 25.4. The van der Waals surface area contributed by atoms with Crippen molar-refractivity contribution in [3.8, 4) is 0 Å². The van der Waals surface area contributed by atoms with Crippen LogP contribution in [0.5, 0.6) is 0 Å². The van der Waals surface area contributed by atoms with Crippen LogP contribution in [-0.4, -0.2) is 51.1 Å². The molecule has 1 aliphatic heterocycles. The number of rotatable bonds is 5. The number of fused-ring (bicyclic) bond motifs is 1. The minimum atomic E-state index is -3.58. The number of hydrogen-bond acceptors (Lipinski definition) is 5. The number of carbonyl (C=O) groups excluding carboxylic acids is 3. The van der Waals surface area contributed by atoms with Crippen LogP contribution in [-0.2, 0) is 14.8 Å². The lowest BCUT2D eigenvalue weighted by Gasteiger charge is -2.29. The first-order chi connectivity index (χ1) is 16.2. The number of sulfonamides is 1. The lowest BCUT2D eigenvalue weighted by Crippen LogP contribution is -2.42. The van der Waals surface area contributed by atoms with Gasteiger partial charge in [-0.05, 0) is 60.7 Å². The Morgan fingerprint density at radius 2 is 1.53 bits per heavy atom. The number of anilines is 3. The summed E-state index contributed by atoms with van der Waals surface area (Å²) in [4.78, 5) is 39.1. The van der Waals surface area contributed by atoms with Crippen LogP contribution < -0.4 is 15.5 Å². The number of para-hydroxylation sites is 2. The molecule has 1 aliphatic rings. The summed E-state index contributed by atoms with van der Waals surface area (Å²) in [7, 11) is -0.715. The van der Waals surface area contributed by atoms with Gasteiger partial charge in [0.2, 0.25) is 15.9 Å². The van der Waals surface area contributed by atoms with E-state index in [0.29, 0.717) is 22.6 Å². The summed E-state index contributed by atoms with van der Waals surface area (Å²) in [5.74, 6) is -1.03. The Morgan fingerprint density at radius 1 is 0.912 bits per heavy atom. The van der Waals surface area contributed by atoms with Crippen LogP contribution in [0.15, 0.2) is 77.7 Å². The second-order valence-corrected chi connectivity index (χ2v) is 9.95. The minimum absolute atomic E-state index is 0.0879. The zero-order chi connectivity index (χ0) is 24.5. The molecule has 1 heterocycles. The second-order valence-electron chi connectivity index (χ2n) is 7.80. The van der Waals surface area contributed by atoms with Crippen LogP contribution in [0.3, 0.4) is 0 Å². The third-order valence-corrected chi connectivity index (χ3v) is 7.13. The summed E-state index contributed by atoms with van der Waals surface area (Å²) in [6.45, 7) is -0.0894. The maximum absolute atomic E-state index is 13.0. The maximum atomic E-state index is 13.0. The van der Waals surface area contributed by atoms with Crippen LogP contribution in [0.25, 0.3) is 0 Å². The van der Waals surface area contributed by atoms with E-state index in [1.165, 1.54) is 43.3 Å². The number of amides is 3. The predicted molar refractivity (Wildman–Crippen MR) is 128 cm³/mol. The molecule has 0 atom stereocenters. The van der Waals surface area contributed by atoms with Crippen molar-refractivity contribution >= 4 is 44.8 Å². The van der Waals surface area contributed by atoms with Crippen molar-refractivity contribution in [3.05, 3.63) is 83.9 Å². The van der Waals surface area contributed by atoms with E-state index < -0.39 is 15.9 Å². The molecular formula is C24H22N4O5S. The second kappa shape index (κ2) is 9.08. The highest BCUT2D eigenvalue weighted by Crippen LogP contribution is 2.30. The van der Waals surface area contributed by atoms with Gasteiger partial charge in [-0.2, -0.15) is 0 Å². The van der Waals surface area contributed by atoms with E-state index in [-0.39, 0.29) is 28.8 Å². The highest BCUT2D eigenvalue weighted by atomic mass is 32.2. The fourth-order valence-corrected chi connectivity index (χ4v) is 4.36. The first-order valence-electron chi connectivity index (χ1n) is 10.3. The van der Waals surface area contributed by atoms with Crippen LogP contribution in [0.4, 0.5) is 17.1 Å². The molecule has 0 spiro atoms. The van der Waals surface area contributed by atoms with E-state index in [0.717, 1.165) is 4.31 Å². The zero-order valence-corrected chi connectivity index (χ0v) is 19.3. The fourth-order valence-electron chi connectivity index (χ4n) is 3.46. The molecule has 34 heavy (non-hydrogen) atoms. The molecule has 3 aromatic carbocycles. The molecule has 174 valence electrons. The van der Waals surface area contributed by atoms with Gasteiger partial charge in [-0.25, -0.2) is 12.7 Å². The first kappa shape index (κ1) is 23.1. The topological polar surface area (TPSA) is 116 Å². The number of hydrogen-bond donors (Lipinski definition) is 2. The molecule has 9 nitrogen and oxygen atoms in total. The maximum Gasteiger partial charge on any atom is 0.258 e. The van der Waals surface area contributed by atoms with Gasteiger partial charge in [0.15, 0.2) is 0 Å². The summed E-state index contributed by atoms with van der Waals surface area (Å²) in [5, 5.41) is 5.46. The molecular weight excluding hydrogens is 456 g/mol. The molecule has 0 saturated carbocycles. The van der Waals surface area contributed by atoms with Crippen molar-refractivity contribution in [3.63, 3.8) is 0 Å². The fraction of sp³-hybridized carbons (Fsp3) is 0.125. The Bertz CT molecular complexity index is 1370. The van der Waals surface area contributed by atoms with Crippen LogP contribution in [0.2, 0.25) is 0 Å². The summed E-state index contributed by atoms with van der Waals surface area (Å²) in [6, 6.07) is 19.0. The minimum Gasteiger partial charge on any atom is -0.323 e. The monoisotopic (exact) mass is 478 g/mol. The Balaban J connectivity index is 1.47. The molecule has 10 heteroatoms. The molecule has 0 saturated heterocycles. The van der Waals surface area contributed by atoms with Gasteiger partial charge >= 0.3 is 0 Å². The summed E-state index contributed by atoms with van der Waals surface area (Å²) in [6.07, 6.45) is 0. The molecule has 3 aromatic rings. The Morgan fingerprint density at radius 3 is 2.18 bits per heavy atom. The molecule has 4 rings (SSSR count). The lowest BCUT2D eigenvalue weighted by molar-refractivity contribution is -0.115. The smallest absolute Gasteiger partial charge is 0.258 e. The lowest BCUT2D eigenvalue weighted by atomic mass is 10.1. The van der Waals surface area contributed by atoms with Gasteiger partial charge in [0.05, 0.1) is 16.3 Å². The van der Waals surface area contributed by atoms with Gasteiger partial charge in [0.1, 0.15) is 6.54 Å². The molecule has 2 N–H and O–H groups in total. The Labute approximate surface area is 197 Å². The van der Waals surface area contributed by atoms with Gasteiger partial charge in [-0.1, -0.05) is 12.1 Å². The number of benzene rings is 3. The average Bonchev–Trinajstić information content (AvgIpc) is 2.83. The van der Waals surface area contributed by atoms with Crippen molar-refractivity contribution in [2.45, 2.75) is 4.90 Å². The van der Waals surface area contributed by atoms with E-state index in [1.807, 2.05) is 0 Å². The van der Waals surface area contributed by atoms with Crippen molar-refractivity contribution in [1.82, 2.24) is 4.31 Å². The molecule has 0 radical (unpaired) electrons. The summed E-state index contributed by atoms with van der Waals surface area (Å²) in [5.41, 5.74) is 2.29. The largest absolute Gasteiger partial charge is 0.323 e. The van der Waals surface area contributed by atoms with E-state index in [9.17, 15) is 22.8 Å². The quantitative estimate of drug-likeness (QED) is 0.585. The van der Waals surface area contributed by atoms with Gasteiger partial charge in [-0.15, -0.1) is 0 Å². The normalized spacial score (nSPS) is 13.3. The molecule has 0 fully saturated rings. The average molecular weight is 479 g/mol. The molecule has 0 unspecified atom stereocenters. The molecule has 0 bridgehead atoms. The van der Waals surface area contributed by atoms with E-state index >= 15 is 0 Å². The van der Waals surface area contributed by atoms with Gasteiger partial charge in [0.25, 0.3) is 11.8 Å². The van der Waals surface area contributed by atoms with Crippen LogP contribution in [0, 0.1) is 0 Å². The first-order valence-corrected chi connectivity index (χ1v) is 11.8. The zero-order valence-electron chi connectivity index (χ0n) is 18.5. The Hall–Kier alpha value is -4.02. The highest BCUT2D eigenvalue weighted by Gasteiger charge is 2.27. The molecule has 0 aromatic heterocycles. The highest BCUT2D eigenvalue weighted by molar-refractivity contribution is 7.89. The number of nitrogens with zero attached hydrogens (tertiary/aromatic N) is 2. The third-order valence-electron chi connectivity index (χ3n) is 5.30.